The van der Waals surface area contributed by atoms with Crippen molar-refractivity contribution in [1.29, 1.82) is 0 Å². The van der Waals surface area contributed by atoms with E-state index in [1.54, 1.807) is 24.3 Å². The molecule has 0 aliphatic heterocycles. The minimum atomic E-state index is -0.987. The van der Waals surface area contributed by atoms with E-state index in [9.17, 15) is 18.5 Å². The molecule has 0 atom stereocenters. The molecule has 0 radical (unpaired) electrons. The SMILES string of the molecule is COc1cccc(CN(F)C(=O)Cn2nc(-c3ccc(Cl)c(F)c3)nc2C(N)=O)c1. The number of methoxy groups -OCH3 is 1. The van der Waals surface area contributed by atoms with Crippen LogP contribution >= 0.6 is 11.6 Å². The summed E-state index contributed by atoms with van der Waals surface area (Å²) in [5, 5.41) is 3.86. The topological polar surface area (TPSA) is 103 Å². The van der Waals surface area contributed by atoms with Gasteiger partial charge in [0.2, 0.25) is 5.82 Å². The lowest BCUT2D eigenvalue weighted by molar-refractivity contribution is -0.148. The van der Waals surface area contributed by atoms with Crippen molar-refractivity contribution in [2.45, 2.75) is 13.1 Å². The maximum Gasteiger partial charge on any atom is 0.286 e. The summed E-state index contributed by atoms with van der Waals surface area (Å²) in [5.41, 5.74) is 5.98. The summed E-state index contributed by atoms with van der Waals surface area (Å²) in [6.07, 6.45) is 0. The zero-order valence-corrected chi connectivity index (χ0v) is 16.4. The molecule has 0 bridgehead atoms. The van der Waals surface area contributed by atoms with Crippen LogP contribution in [0.3, 0.4) is 0 Å². The van der Waals surface area contributed by atoms with Crippen LogP contribution in [0.15, 0.2) is 42.5 Å². The molecular formula is C19H16ClF2N5O3. The Morgan fingerprint density at radius 3 is 2.70 bits per heavy atom. The van der Waals surface area contributed by atoms with Crippen molar-refractivity contribution < 1.29 is 23.2 Å². The van der Waals surface area contributed by atoms with E-state index in [0.29, 0.717) is 11.3 Å². The smallest absolute Gasteiger partial charge is 0.286 e. The van der Waals surface area contributed by atoms with Gasteiger partial charge in [-0.05, 0) is 35.9 Å². The van der Waals surface area contributed by atoms with Crippen LogP contribution in [-0.4, -0.2) is 38.8 Å². The van der Waals surface area contributed by atoms with Gasteiger partial charge < -0.3 is 10.5 Å². The lowest BCUT2D eigenvalue weighted by atomic mass is 10.2. The second kappa shape index (κ2) is 8.87. The molecule has 3 aromatic rings. The Balaban J connectivity index is 1.80. The number of amides is 2. The van der Waals surface area contributed by atoms with E-state index < -0.39 is 24.2 Å². The monoisotopic (exact) mass is 435 g/mol. The zero-order chi connectivity index (χ0) is 21.8. The normalized spacial score (nSPS) is 10.7. The van der Waals surface area contributed by atoms with Crippen molar-refractivity contribution in [3.8, 4) is 17.1 Å². The first-order valence-electron chi connectivity index (χ1n) is 8.57. The molecule has 2 amide bonds. The number of rotatable bonds is 7. The largest absolute Gasteiger partial charge is 0.497 e. The lowest BCUT2D eigenvalue weighted by Gasteiger charge is -2.13. The van der Waals surface area contributed by atoms with Gasteiger partial charge in [0.25, 0.3) is 11.8 Å². The summed E-state index contributed by atoms with van der Waals surface area (Å²) in [6.45, 7) is -0.978. The third kappa shape index (κ3) is 4.71. The molecule has 2 aromatic carbocycles. The molecule has 1 heterocycles. The summed E-state index contributed by atoms with van der Waals surface area (Å²) >= 11 is 5.65. The van der Waals surface area contributed by atoms with E-state index >= 15 is 0 Å². The van der Waals surface area contributed by atoms with E-state index in [1.807, 2.05) is 0 Å². The Bertz CT molecular complexity index is 1110. The number of nitrogens with zero attached hydrogens (tertiary/aromatic N) is 4. The fourth-order valence-electron chi connectivity index (χ4n) is 2.62. The number of hydrogen-bond acceptors (Lipinski definition) is 5. The average Bonchev–Trinajstić information content (AvgIpc) is 3.14. The van der Waals surface area contributed by atoms with E-state index in [-0.39, 0.29) is 33.9 Å². The molecule has 0 saturated heterocycles. The van der Waals surface area contributed by atoms with E-state index in [2.05, 4.69) is 10.1 Å². The van der Waals surface area contributed by atoms with Crippen LogP contribution in [0.2, 0.25) is 5.02 Å². The fraction of sp³-hybridized carbons (Fsp3) is 0.158. The van der Waals surface area contributed by atoms with Crippen LogP contribution in [-0.2, 0) is 17.9 Å². The van der Waals surface area contributed by atoms with E-state index in [0.717, 1.165) is 10.7 Å². The molecule has 11 heteroatoms. The molecule has 0 fully saturated rings. The van der Waals surface area contributed by atoms with Gasteiger partial charge in [-0.2, -0.15) is 5.12 Å². The van der Waals surface area contributed by atoms with Gasteiger partial charge in [-0.3, -0.25) is 9.59 Å². The van der Waals surface area contributed by atoms with Crippen LogP contribution in [0.25, 0.3) is 11.4 Å². The summed E-state index contributed by atoms with van der Waals surface area (Å²) in [7, 11) is 1.47. The Morgan fingerprint density at radius 1 is 1.27 bits per heavy atom. The molecule has 0 aliphatic rings. The Labute approximate surface area is 174 Å². The number of hydrogen-bond donors (Lipinski definition) is 1. The number of halogens is 3. The molecule has 1 aromatic heterocycles. The summed E-state index contributed by atoms with van der Waals surface area (Å²) in [6, 6.07) is 10.3. The minimum absolute atomic E-state index is 0.0249. The summed E-state index contributed by atoms with van der Waals surface area (Å²) in [5.74, 6) is -2.60. The van der Waals surface area contributed by atoms with Crippen LogP contribution in [0, 0.1) is 5.82 Å². The van der Waals surface area contributed by atoms with E-state index in [1.165, 1.54) is 19.2 Å². The first-order valence-corrected chi connectivity index (χ1v) is 8.95. The second-order valence-electron chi connectivity index (χ2n) is 6.18. The predicted molar refractivity (Wildman–Crippen MR) is 104 cm³/mol. The van der Waals surface area contributed by atoms with Crippen LogP contribution < -0.4 is 10.5 Å². The van der Waals surface area contributed by atoms with Gasteiger partial charge in [0, 0.05) is 5.56 Å². The van der Waals surface area contributed by atoms with Gasteiger partial charge >= 0.3 is 0 Å². The van der Waals surface area contributed by atoms with Gasteiger partial charge in [-0.15, -0.1) is 5.10 Å². The molecule has 0 saturated carbocycles. The number of primary amides is 1. The van der Waals surface area contributed by atoms with Crippen LogP contribution in [0.5, 0.6) is 5.75 Å². The molecule has 8 nitrogen and oxygen atoms in total. The molecule has 30 heavy (non-hydrogen) atoms. The first kappa shape index (κ1) is 21.2. The summed E-state index contributed by atoms with van der Waals surface area (Å²) in [4.78, 5) is 27.9. The standard InChI is InChI=1S/C19H16ClF2N5O3/c1-30-13-4-2-3-11(7-13)9-26(22)16(28)10-27-19(17(23)29)24-18(25-27)12-5-6-14(20)15(21)8-12/h2-8H,9-10H2,1H3,(H2,23,29). The highest BCUT2D eigenvalue weighted by molar-refractivity contribution is 6.30. The van der Waals surface area contributed by atoms with Gasteiger partial charge in [-0.25, -0.2) is 14.1 Å². The van der Waals surface area contributed by atoms with Crippen molar-refractivity contribution in [2.75, 3.05) is 7.11 Å². The van der Waals surface area contributed by atoms with Crippen molar-refractivity contribution in [2.24, 2.45) is 5.73 Å². The maximum atomic E-state index is 14.4. The quantitative estimate of drug-likeness (QED) is 0.575. The van der Waals surface area contributed by atoms with Crippen LogP contribution in [0.4, 0.5) is 8.87 Å². The first-order chi connectivity index (χ1) is 14.3. The Kier molecular flexibility index (Phi) is 6.26. The third-order valence-corrected chi connectivity index (χ3v) is 4.39. The van der Waals surface area contributed by atoms with Gasteiger partial charge in [0.1, 0.15) is 18.1 Å². The minimum Gasteiger partial charge on any atom is -0.497 e. The van der Waals surface area contributed by atoms with Crippen LogP contribution in [0.1, 0.15) is 16.2 Å². The van der Waals surface area contributed by atoms with Crippen molar-refractivity contribution in [1.82, 2.24) is 19.9 Å². The molecule has 0 spiro atoms. The molecule has 0 aliphatic carbocycles. The number of carbonyl (C=O) groups excluding carboxylic acids is 2. The molecular weight excluding hydrogens is 420 g/mol. The highest BCUT2D eigenvalue weighted by Gasteiger charge is 2.22. The molecule has 0 unspecified atom stereocenters. The number of aromatic nitrogens is 3. The Morgan fingerprint density at radius 2 is 2.03 bits per heavy atom. The lowest BCUT2D eigenvalue weighted by Crippen LogP contribution is -2.29. The maximum absolute atomic E-state index is 14.4. The number of ether oxygens (including phenoxy) is 1. The average molecular weight is 436 g/mol. The van der Waals surface area contributed by atoms with Crippen molar-refractivity contribution >= 4 is 23.4 Å². The second-order valence-corrected chi connectivity index (χ2v) is 6.58. The van der Waals surface area contributed by atoms with E-state index in [4.69, 9.17) is 22.1 Å². The number of carbonyl (C=O) groups is 2. The highest BCUT2D eigenvalue weighted by Crippen LogP contribution is 2.22. The third-order valence-electron chi connectivity index (χ3n) is 4.08. The summed E-state index contributed by atoms with van der Waals surface area (Å²) < 4.78 is 34.0. The Hall–Kier alpha value is -3.53. The fourth-order valence-corrected chi connectivity index (χ4v) is 2.73. The highest BCUT2D eigenvalue weighted by atomic mass is 35.5. The van der Waals surface area contributed by atoms with Gasteiger partial charge in [0.15, 0.2) is 5.82 Å². The molecule has 156 valence electrons. The van der Waals surface area contributed by atoms with Crippen molar-refractivity contribution in [3.63, 3.8) is 0 Å². The molecule has 3 rings (SSSR count). The predicted octanol–water partition coefficient (Wildman–Crippen LogP) is 2.76. The van der Waals surface area contributed by atoms with Gasteiger partial charge in [0.05, 0.1) is 18.7 Å². The number of nitrogens with two attached hydrogens (primary N) is 1. The van der Waals surface area contributed by atoms with Crippen molar-refractivity contribution in [3.05, 3.63) is 64.7 Å². The van der Waals surface area contributed by atoms with Gasteiger partial charge in [-0.1, -0.05) is 28.2 Å². The molecule has 2 N–H and O–H groups in total. The zero-order valence-electron chi connectivity index (χ0n) is 15.7. The number of benzene rings is 2.